The number of hydrogen-bond donors (Lipinski definition) is 2. The topological polar surface area (TPSA) is 30.5 Å². The summed E-state index contributed by atoms with van der Waals surface area (Å²) in [6.07, 6.45) is 0. The highest BCUT2D eigenvalue weighted by molar-refractivity contribution is 4.84. The molecule has 15 heavy (non-hydrogen) atoms. The zero-order valence-electron chi connectivity index (χ0n) is 10.00. The van der Waals surface area contributed by atoms with Gasteiger partial charge in [-0.3, -0.25) is 4.90 Å². The van der Waals surface area contributed by atoms with Crippen LogP contribution in [-0.4, -0.2) is 74.7 Å². The third kappa shape index (κ3) is 3.41. The van der Waals surface area contributed by atoms with Crippen LogP contribution < -0.4 is 10.6 Å². The molecular weight excluding hydrogens is 188 g/mol. The first-order valence-corrected chi connectivity index (χ1v) is 6.11. The lowest BCUT2D eigenvalue weighted by Crippen LogP contribution is -2.58. The van der Waals surface area contributed by atoms with E-state index in [1.54, 1.807) is 0 Å². The Bertz CT molecular complexity index is 161. The van der Waals surface area contributed by atoms with Gasteiger partial charge in [0.25, 0.3) is 0 Å². The van der Waals surface area contributed by atoms with E-state index in [4.69, 9.17) is 0 Å². The van der Waals surface area contributed by atoms with E-state index in [-0.39, 0.29) is 0 Å². The second kappa shape index (κ2) is 5.25. The number of nitrogens with one attached hydrogen (secondary N) is 2. The Morgan fingerprint density at radius 3 is 2.40 bits per heavy atom. The zero-order valence-corrected chi connectivity index (χ0v) is 10.00. The molecule has 0 aromatic heterocycles. The molecule has 2 N–H and O–H groups in total. The minimum absolute atomic E-state index is 0.633. The highest BCUT2D eigenvalue weighted by Gasteiger charge is 2.21. The van der Waals surface area contributed by atoms with Gasteiger partial charge in [-0.15, -0.1) is 0 Å². The summed E-state index contributed by atoms with van der Waals surface area (Å²) in [5, 5.41) is 7.14. The van der Waals surface area contributed by atoms with E-state index in [9.17, 15) is 0 Å². The molecule has 0 aromatic rings. The van der Waals surface area contributed by atoms with E-state index in [1.807, 2.05) is 0 Å². The molecule has 0 amide bonds. The molecule has 0 spiro atoms. The number of likely N-dealkylation sites (N-methyl/N-ethyl adjacent to an activating group) is 1. The molecule has 0 bridgehead atoms. The van der Waals surface area contributed by atoms with Crippen molar-refractivity contribution in [2.24, 2.45) is 0 Å². The number of nitrogens with zero attached hydrogens (tertiary/aromatic N) is 2. The Labute approximate surface area is 93.0 Å². The van der Waals surface area contributed by atoms with Crippen LogP contribution in [0.5, 0.6) is 0 Å². The van der Waals surface area contributed by atoms with Crippen LogP contribution in [0.2, 0.25) is 0 Å². The van der Waals surface area contributed by atoms with Crippen LogP contribution in [0.1, 0.15) is 6.92 Å². The summed E-state index contributed by atoms with van der Waals surface area (Å²) >= 11 is 0. The molecule has 2 aliphatic heterocycles. The van der Waals surface area contributed by atoms with Gasteiger partial charge in [0.1, 0.15) is 0 Å². The van der Waals surface area contributed by atoms with Crippen LogP contribution in [0.4, 0.5) is 0 Å². The summed E-state index contributed by atoms with van der Waals surface area (Å²) in [7, 11) is 2.21. The van der Waals surface area contributed by atoms with Gasteiger partial charge in [-0.2, -0.15) is 0 Å². The molecule has 0 radical (unpaired) electrons. The van der Waals surface area contributed by atoms with Crippen LogP contribution in [0.3, 0.4) is 0 Å². The second-order valence-corrected chi connectivity index (χ2v) is 5.02. The third-order valence-corrected chi connectivity index (χ3v) is 3.50. The minimum atomic E-state index is 0.633. The molecule has 0 saturated carbocycles. The van der Waals surface area contributed by atoms with Crippen LogP contribution in [0.15, 0.2) is 0 Å². The van der Waals surface area contributed by atoms with Gasteiger partial charge in [-0.1, -0.05) is 0 Å². The van der Waals surface area contributed by atoms with Crippen molar-refractivity contribution in [3.63, 3.8) is 0 Å². The Morgan fingerprint density at radius 1 is 1.07 bits per heavy atom. The first-order valence-electron chi connectivity index (χ1n) is 6.11. The van der Waals surface area contributed by atoms with E-state index >= 15 is 0 Å². The minimum Gasteiger partial charge on any atom is -0.311 e. The summed E-state index contributed by atoms with van der Waals surface area (Å²) in [4.78, 5) is 4.99. The van der Waals surface area contributed by atoms with Gasteiger partial charge in [-0.05, 0) is 14.0 Å². The molecule has 88 valence electrons. The fourth-order valence-corrected chi connectivity index (χ4v) is 2.30. The molecule has 1 unspecified atom stereocenters. The molecule has 2 heterocycles. The first-order chi connectivity index (χ1) is 7.24. The van der Waals surface area contributed by atoms with Crippen LogP contribution in [-0.2, 0) is 0 Å². The number of piperazine rings is 2. The van der Waals surface area contributed by atoms with Crippen molar-refractivity contribution in [2.75, 3.05) is 52.9 Å². The summed E-state index contributed by atoms with van der Waals surface area (Å²) in [5.74, 6) is 0. The smallest absolute Gasteiger partial charge is 0.0320 e. The highest BCUT2D eigenvalue weighted by Crippen LogP contribution is 2.02. The van der Waals surface area contributed by atoms with Crippen molar-refractivity contribution in [1.82, 2.24) is 20.4 Å². The Balaban J connectivity index is 1.68. The van der Waals surface area contributed by atoms with Crippen molar-refractivity contribution < 1.29 is 0 Å². The summed E-state index contributed by atoms with van der Waals surface area (Å²) in [5.41, 5.74) is 0. The van der Waals surface area contributed by atoms with Gasteiger partial charge in [0, 0.05) is 57.9 Å². The first kappa shape index (κ1) is 11.3. The molecule has 4 heteroatoms. The molecule has 2 atom stereocenters. The fourth-order valence-electron chi connectivity index (χ4n) is 2.30. The average molecular weight is 212 g/mol. The number of rotatable bonds is 2. The van der Waals surface area contributed by atoms with Crippen molar-refractivity contribution in [3.8, 4) is 0 Å². The monoisotopic (exact) mass is 212 g/mol. The molecule has 0 aromatic carbocycles. The maximum absolute atomic E-state index is 3.61. The lowest BCUT2D eigenvalue weighted by molar-refractivity contribution is 0.136. The van der Waals surface area contributed by atoms with Crippen molar-refractivity contribution in [3.05, 3.63) is 0 Å². The quantitative estimate of drug-likeness (QED) is 0.626. The van der Waals surface area contributed by atoms with Crippen molar-refractivity contribution >= 4 is 0 Å². The fraction of sp³-hybridized carbons (Fsp3) is 1.00. The Morgan fingerprint density at radius 2 is 1.80 bits per heavy atom. The van der Waals surface area contributed by atoms with E-state index in [1.165, 1.54) is 32.7 Å². The van der Waals surface area contributed by atoms with Gasteiger partial charge in [-0.25, -0.2) is 0 Å². The maximum Gasteiger partial charge on any atom is 0.0320 e. The van der Waals surface area contributed by atoms with Crippen LogP contribution >= 0.6 is 0 Å². The van der Waals surface area contributed by atoms with E-state index < -0.39 is 0 Å². The molecule has 4 nitrogen and oxygen atoms in total. The van der Waals surface area contributed by atoms with Gasteiger partial charge in [0.15, 0.2) is 0 Å². The van der Waals surface area contributed by atoms with E-state index in [2.05, 4.69) is 34.4 Å². The lowest BCUT2D eigenvalue weighted by Gasteiger charge is -2.37. The van der Waals surface area contributed by atoms with Crippen LogP contribution in [0.25, 0.3) is 0 Å². The molecule has 2 fully saturated rings. The molecular formula is C11H24N4. The van der Waals surface area contributed by atoms with E-state index in [0.29, 0.717) is 12.1 Å². The average Bonchev–Trinajstić information content (AvgIpc) is 2.25. The van der Waals surface area contributed by atoms with Gasteiger partial charge < -0.3 is 15.5 Å². The lowest BCUT2D eigenvalue weighted by atomic mass is 10.1. The summed E-state index contributed by atoms with van der Waals surface area (Å²) in [6.45, 7) is 10.6. The predicted octanol–water partition coefficient (Wildman–Crippen LogP) is -0.816. The standard InChI is InChI=1S/C11H24N4/c1-10-7-13-11(8-12-10)9-15-5-3-14(2)4-6-15/h10-13H,3-9H2,1-2H3/t10-,11?/m0/s1. The SMILES string of the molecule is C[C@H]1CNC(CN2CCN(C)CC2)CN1. The van der Waals surface area contributed by atoms with Gasteiger partial charge in [0.05, 0.1) is 0 Å². The van der Waals surface area contributed by atoms with Gasteiger partial charge >= 0.3 is 0 Å². The third-order valence-electron chi connectivity index (χ3n) is 3.50. The predicted molar refractivity (Wildman–Crippen MR) is 63.2 cm³/mol. The second-order valence-electron chi connectivity index (χ2n) is 5.02. The number of hydrogen-bond acceptors (Lipinski definition) is 4. The van der Waals surface area contributed by atoms with E-state index in [0.717, 1.165) is 13.1 Å². The van der Waals surface area contributed by atoms with Crippen LogP contribution in [0, 0.1) is 0 Å². The largest absolute Gasteiger partial charge is 0.311 e. The maximum atomic E-state index is 3.61. The summed E-state index contributed by atoms with van der Waals surface area (Å²) < 4.78 is 0. The molecule has 2 saturated heterocycles. The Hall–Kier alpha value is -0.160. The zero-order chi connectivity index (χ0) is 10.7. The highest BCUT2D eigenvalue weighted by atomic mass is 15.3. The molecule has 2 rings (SSSR count). The van der Waals surface area contributed by atoms with Crippen molar-refractivity contribution in [1.29, 1.82) is 0 Å². The molecule has 0 aliphatic carbocycles. The van der Waals surface area contributed by atoms with Crippen molar-refractivity contribution in [2.45, 2.75) is 19.0 Å². The molecule has 2 aliphatic rings. The Kier molecular flexibility index (Phi) is 3.97. The normalized spacial score (nSPS) is 35.6. The summed E-state index contributed by atoms with van der Waals surface area (Å²) in [6, 6.07) is 1.28. The van der Waals surface area contributed by atoms with Gasteiger partial charge in [0.2, 0.25) is 0 Å².